The quantitative estimate of drug-likeness (QED) is 0.578. The van der Waals surface area contributed by atoms with Crippen molar-refractivity contribution < 1.29 is 0 Å². The Balaban J connectivity index is 2.44. The van der Waals surface area contributed by atoms with Gasteiger partial charge >= 0.3 is 0 Å². The van der Waals surface area contributed by atoms with E-state index in [0.717, 1.165) is 0 Å². The Bertz CT molecular complexity index is 730. The molecule has 0 saturated carbocycles. The topological polar surface area (TPSA) is 17.8 Å². The van der Waals surface area contributed by atoms with Crippen LogP contribution in [0, 0.1) is 0 Å². The van der Waals surface area contributed by atoms with Crippen molar-refractivity contribution in [2.45, 2.75) is 26.2 Å². The summed E-state index contributed by atoms with van der Waals surface area (Å²) in [5, 5.41) is 2.61. The molecule has 0 saturated heterocycles. The zero-order valence-corrected chi connectivity index (χ0v) is 11.4. The van der Waals surface area contributed by atoms with E-state index in [-0.39, 0.29) is 5.41 Å². The molecule has 2 nitrogen and oxygen atoms in total. The molecule has 2 aromatic heterocycles. The van der Waals surface area contributed by atoms with Gasteiger partial charge in [0.15, 0.2) is 0 Å². The van der Waals surface area contributed by atoms with E-state index in [9.17, 15) is 0 Å². The predicted octanol–water partition coefficient (Wildman–Crippen LogP) is 4.02. The molecule has 3 aromatic rings. The first-order valence-electron chi connectivity index (χ1n) is 6.31. The standard InChI is InChI=1S/C16H18N2/c1-16(2,3)11-5-6-14-13(9-11)12-7-8-17-10-15(12)18(14)4/h5-10H,1-4H3. The van der Waals surface area contributed by atoms with Crippen LogP contribution in [0.1, 0.15) is 26.3 Å². The second kappa shape index (κ2) is 3.58. The average Bonchev–Trinajstić information content (AvgIpc) is 2.63. The van der Waals surface area contributed by atoms with Gasteiger partial charge in [-0.05, 0) is 29.2 Å². The first-order valence-corrected chi connectivity index (χ1v) is 6.31. The van der Waals surface area contributed by atoms with E-state index < -0.39 is 0 Å². The van der Waals surface area contributed by atoms with Gasteiger partial charge in [-0.3, -0.25) is 4.98 Å². The van der Waals surface area contributed by atoms with Gasteiger partial charge < -0.3 is 4.57 Å². The molecule has 0 aliphatic heterocycles. The van der Waals surface area contributed by atoms with Crippen LogP contribution in [0.25, 0.3) is 21.8 Å². The largest absolute Gasteiger partial charge is 0.342 e. The molecule has 0 bridgehead atoms. The van der Waals surface area contributed by atoms with Gasteiger partial charge in [-0.2, -0.15) is 0 Å². The van der Waals surface area contributed by atoms with Gasteiger partial charge in [0.2, 0.25) is 0 Å². The van der Waals surface area contributed by atoms with Crippen LogP contribution in [0.3, 0.4) is 0 Å². The normalized spacial score (nSPS) is 12.4. The lowest BCUT2D eigenvalue weighted by Gasteiger charge is -2.19. The molecule has 0 spiro atoms. The molecule has 0 radical (unpaired) electrons. The SMILES string of the molecule is Cn1c2ccc(C(C)(C)C)cc2c2ccncc21. The van der Waals surface area contributed by atoms with E-state index in [1.54, 1.807) is 0 Å². The third-order valence-corrected chi connectivity index (χ3v) is 3.68. The van der Waals surface area contributed by atoms with Crippen molar-refractivity contribution in [1.82, 2.24) is 9.55 Å². The van der Waals surface area contributed by atoms with Gasteiger partial charge in [-0.25, -0.2) is 0 Å². The van der Waals surface area contributed by atoms with Crippen LogP contribution in [0.2, 0.25) is 0 Å². The minimum atomic E-state index is 0.184. The molecule has 92 valence electrons. The second-order valence-electron chi connectivity index (χ2n) is 5.93. The number of aryl methyl sites for hydroxylation is 1. The van der Waals surface area contributed by atoms with Crippen LogP contribution in [0.4, 0.5) is 0 Å². The zero-order chi connectivity index (χ0) is 12.9. The van der Waals surface area contributed by atoms with Crippen LogP contribution < -0.4 is 0 Å². The molecule has 0 aliphatic rings. The number of pyridine rings is 1. The number of nitrogens with zero attached hydrogens (tertiary/aromatic N) is 2. The molecule has 0 fully saturated rings. The van der Waals surface area contributed by atoms with Gasteiger partial charge in [0.25, 0.3) is 0 Å². The molecular weight excluding hydrogens is 220 g/mol. The summed E-state index contributed by atoms with van der Waals surface area (Å²) in [7, 11) is 2.10. The molecule has 0 unspecified atom stereocenters. The molecule has 3 rings (SSSR count). The molecule has 2 heterocycles. The Morgan fingerprint density at radius 1 is 1.00 bits per heavy atom. The number of fused-ring (bicyclic) bond motifs is 3. The minimum Gasteiger partial charge on any atom is -0.342 e. The van der Waals surface area contributed by atoms with E-state index in [4.69, 9.17) is 0 Å². The summed E-state index contributed by atoms with van der Waals surface area (Å²) in [5.74, 6) is 0. The highest BCUT2D eigenvalue weighted by Gasteiger charge is 2.16. The van der Waals surface area contributed by atoms with Crippen LogP contribution >= 0.6 is 0 Å². The molecule has 2 heteroatoms. The van der Waals surface area contributed by atoms with Crippen LogP contribution in [0.5, 0.6) is 0 Å². The number of benzene rings is 1. The van der Waals surface area contributed by atoms with Gasteiger partial charge in [-0.1, -0.05) is 26.8 Å². The second-order valence-corrected chi connectivity index (χ2v) is 5.93. The summed E-state index contributed by atoms with van der Waals surface area (Å²) in [6.07, 6.45) is 3.80. The monoisotopic (exact) mass is 238 g/mol. The maximum Gasteiger partial charge on any atom is 0.0675 e. The number of hydrogen-bond acceptors (Lipinski definition) is 1. The molecular formula is C16H18N2. The van der Waals surface area contributed by atoms with E-state index in [0.29, 0.717) is 0 Å². The van der Waals surface area contributed by atoms with E-state index in [1.165, 1.54) is 27.4 Å². The maximum absolute atomic E-state index is 4.22. The summed E-state index contributed by atoms with van der Waals surface area (Å²) in [5.41, 5.74) is 4.02. The molecule has 0 amide bonds. The van der Waals surface area contributed by atoms with E-state index >= 15 is 0 Å². The number of rotatable bonds is 0. The highest BCUT2D eigenvalue weighted by atomic mass is 14.9. The van der Waals surface area contributed by atoms with Crippen molar-refractivity contribution in [3.8, 4) is 0 Å². The van der Waals surface area contributed by atoms with Crippen molar-refractivity contribution >= 4 is 21.8 Å². The van der Waals surface area contributed by atoms with Crippen LogP contribution in [-0.4, -0.2) is 9.55 Å². The maximum atomic E-state index is 4.22. The first kappa shape index (κ1) is 11.3. The Morgan fingerprint density at radius 3 is 2.50 bits per heavy atom. The van der Waals surface area contributed by atoms with E-state index in [2.05, 4.69) is 61.6 Å². The summed E-state index contributed by atoms with van der Waals surface area (Å²) in [6.45, 7) is 6.75. The minimum absolute atomic E-state index is 0.184. The molecule has 0 N–H and O–H groups in total. The lowest BCUT2D eigenvalue weighted by molar-refractivity contribution is 0.591. The smallest absolute Gasteiger partial charge is 0.0675 e. The van der Waals surface area contributed by atoms with Crippen molar-refractivity contribution in [3.63, 3.8) is 0 Å². The fourth-order valence-corrected chi connectivity index (χ4v) is 2.52. The Hall–Kier alpha value is -1.83. The van der Waals surface area contributed by atoms with Crippen molar-refractivity contribution in [2.75, 3.05) is 0 Å². The van der Waals surface area contributed by atoms with Crippen molar-refractivity contribution in [2.24, 2.45) is 7.05 Å². The highest BCUT2D eigenvalue weighted by Crippen LogP contribution is 2.31. The Kier molecular flexibility index (Phi) is 2.24. The van der Waals surface area contributed by atoms with Gasteiger partial charge in [0.05, 0.1) is 11.7 Å². The average molecular weight is 238 g/mol. The van der Waals surface area contributed by atoms with Crippen molar-refractivity contribution in [1.29, 1.82) is 0 Å². The van der Waals surface area contributed by atoms with Gasteiger partial charge in [0.1, 0.15) is 0 Å². The van der Waals surface area contributed by atoms with Crippen molar-refractivity contribution in [3.05, 3.63) is 42.2 Å². The van der Waals surface area contributed by atoms with Crippen LogP contribution in [0.15, 0.2) is 36.7 Å². The summed E-state index contributed by atoms with van der Waals surface area (Å²) in [4.78, 5) is 4.22. The lowest BCUT2D eigenvalue weighted by Crippen LogP contribution is -2.10. The molecule has 18 heavy (non-hydrogen) atoms. The number of aromatic nitrogens is 2. The zero-order valence-electron chi connectivity index (χ0n) is 11.4. The third-order valence-electron chi connectivity index (χ3n) is 3.68. The molecule has 0 aliphatic carbocycles. The Labute approximate surface area is 107 Å². The summed E-state index contributed by atoms with van der Waals surface area (Å²) in [6, 6.07) is 8.87. The third kappa shape index (κ3) is 1.52. The molecule has 0 atom stereocenters. The fourth-order valence-electron chi connectivity index (χ4n) is 2.52. The first-order chi connectivity index (χ1) is 8.48. The van der Waals surface area contributed by atoms with Crippen LogP contribution in [-0.2, 0) is 12.5 Å². The summed E-state index contributed by atoms with van der Waals surface area (Å²) < 4.78 is 2.21. The predicted molar refractivity (Wildman–Crippen MR) is 76.9 cm³/mol. The molecule has 1 aromatic carbocycles. The van der Waals surface area contributed by atoms with E-state index in [1.807, 2.05) is 12.4 Å². The number of hydrogen-bond donors (Lipinski definition) is 0. The Morgan fingerprint density at radius 2 is 1.78 bits per heavy atom. The lowest BCUT2D eigenvalue weighted by atomic mass is 9.86. The highest BCUT2D eigenvalue weighted by molar-refractivity contribution is 6.07. The van der Waals surface area contributed by atoms with Gasteiger partial charge in [0, 0.05) is 29.5 Å². The summed E-state index contributed by atoms with van der Waals surface area (Å²) >= 11 is 0. The fraction of sp³-hybridized carbons (Fsp3) is 0.312. The van der Waals surface area contributed by atoms with Gasteiger partial charge in [-0.15, -0.1) is 0 Å².